The zero-order valence-corrected chi connectivity index (χ0v) is 8.74. The van der Waals surface area contributed by atoms with Gasteiger partial charge in [-0.2, -0.15) is 0 Å². The van der Waals surface area contributed by atoms with Gasteiger partial charge in [0.05, 0.1) is 10.7 Å². The zero-order valence-electron chi connectivity index (χ0n) is 6.40. The van der Waals surface area contributed by atoms with E-state index in [0.29, 0.717) is 0 Å². The number of benzene rings is 1. The van der Waals surface area contributed by atoms with E-state index in [4.69, 9.17) is 16.0 Å². The first-order chi connectivity index (χ1) is 5.68. The molecule has 0 radical (unpaired) electrons. The van der Waals surface area contributed by atoms with Gasteiger partial charge >= 0.3 is 0 Å². The van der Waals surface area contributed by atoms with Crippen LogP contribution in [0.4, 0.5) is 0 Å². The molecule has 0 saturated heterocycles. The van der Waals surface area contributed by atoms with Crippen LogP contribution in [0.1, 0.15) is 5.56 Å². The largest absolute Gasteiger partial charge is 0.463 e. The summed E-state index contributed by atoms with van der Waals surface area (Å²) in [7, 11) is 0. The van der Waals surface area contributed by atoms with Crippen LogP contribution >= 0.6 is 27.5 Å². The van der Waals surface area contributed by atoms with Crippen molar-refractivity contribution in [1.29, 1.82) is 0 Å². The molecule has 1 nitrogen and oxygen atoms in total. The van der Waals surface area contributed by atoms with Gasteiger partial charge in [0.2, 0.25) is 0 Å². The Hall–Kier alpha value is -0.470. The fourth-order valence-corrected chi connectivity index (χ4v) is 2.09. The molecule has 0 atom stereocenters. The molecule has 0 unspecified atom stereocenters. The average molecular weight is 246 g/mol. The molecule has 1 heterocycles. The number of furan rings is 1. The second-order valence-corrected chi connectivity index (χ2v) is 3.97. The van der Waals surface area contributed by atoms with E-state index in [2.05, 4.69) is 15.9 Å². The SMILES string of the molecule is Cc1coc2c(Br)cc(Cl)cc12. The van der Waals surface area contributed by atoms with Crippen molar-refractivity contribution in [2.24, 2.45) is 0 Å². The number of halogens is 2. The highest BCUT2D eigenvalue weighted by Crippen LogP contribution is 2.31. The van der Waals surface area contributed by atoms with Gasteiger partial charge in [0.15, 0.2) is 0 Å². The maximum absolute atomic E-state index is 5.88. The fourth-order valence-electron chi connectivity index (χ4n) is 1.18. The van der Waals surface area contributed by atoms with Gasteiger partial charge in [-0.1, -0.05) is 11.6 Å². The highest BCUT2D eigenvalue weighted by Gasteiger charge is 2.06. The van der Waals surface area contributed by atoms with Gasteiger partial charge in [-0.3, -0.25) is 0 Å². The maximum atomic E-state index is 5.88. The standard InChI is InChI=1S/C9H6BrClO/c1-5-4-12-9-7(5)2-6(11)3-8(9)10/h2-4H,1H3. The van der Waals surface area contributed by atoms with Crippen molar-refractivity contribution < 1.29 is 4.42 Å². The molecule has 1 aromatic heterocycles. The Morgan fingerprint density at radius 3 is 2.92 bits per heavy atom. The lowest BCUT2D eigenvalue weighted by molar-refractivity contribution is 0.611. The Bertz CT molecular complexity index is 433. The first kappa shape index (κ1) is 8.14. The Balaban J connectivity index is 2.92. The van der Waals surface area contributed by atoms with Crippen molar-refractivity contribution in [2.45, 2.75) is 6.92 Å². The van der Waals surface area contributed by atoms with E-state index < -0.39 is 0 Å². The quantitative estimate of drug-likeness (QED) is 0.679. The number of hydrogen-bond acceptors (Lipinski definition) is 1. The smallest absolute Gasteiger partial charge is 0.148 e. The van der Waals surface area contributed by atoms with E-state index in [1.165, 1.54) is 0 Å². The third-order valence-corrected chi connectivity index (χ3v) is 2.59. The van der Waals surface area contributed by atoms with Crippen LogP contribution in [0.15, 0.2) is 27.3 Å². The van der Waals surface area contributed by atoms with Gasteiger partial charge in [0.1, 0.15) is 5.58 Å². The summed E-state index contributed by atoms with van der Waals surface area (Å²) in [5.41, 5.74) is 1.96. The van der Waals surface area contributed by atoms with Crippen LogP contribution in [-0.2, 0) is 0 Å². The second-order valence-electron chi connectivity index (χ2n) is 2.68. The third-order valence-electron chi connectivity index (χ3n) is 1.79. The predicted molar refractivity (Wildman–Crippen MR) is 53.7 cm³/mol. The Morgan fingerprint density at radius 1 is 1.42 bits per heavy atom. The lowest BCUT2D eigenvalue weighted by atomic mass is 10.2. The van der Waals surface area contributed by atoms with Gasteiger partial charge in [0.25, 0.3) is 0 Å². The van der Waals surface area contributed by atoms with Crippen molar-refractivity contribution in [3.8, 4) is 0 Å². The van der Waals surface area contributed by atoms with Crippen LogP contribution in [0, 0.1) is 6.92 Å². The first-order valence-corrected chi connectivity index (χ1v) is 4.68. The highest BCUT2D eigenvalue weighted by molar-refractivity contribution is 9.10. The molecule has 0 saturated carbocycles. The Labute approximate surface area is 83.4 Å². The number of aryl methyl sites for hydroxylation is 1. The first-order valence-electron chi connectivity index (χ1n) is 3.51. The third kappa shape index (κ3) is 1.15. The van der Waals surface area contributed by atoms with Crippen LogP contribution < -0.4 is 0 Å². The van der Waals surface area contributed by atoms with E-state index in [9.17, 15) is 0 Å². The zero-order chi connectivity index (χ0) is 8.72. The van der Waals surface area contributed by atoms with Crippen molar-refractivity contribution in [1.82, 2.24) is 0 Å². The van der Waals surface area contributed by atoms with Gasteiger partial charge in [-0.15, -0.1) is 0 Å². The summed E-state index contributed by atoms with van der Waals surface area (Å²) in [5.74, 6) is 0. The molecule has 0 amide bonds. The number of hydrogen-bond donors (Lipinski definition) is 0. The second kappa shape index (κ2) is 2.79. The van der Waals surface area contributed by atoms with Crippen molar-refractivity contribution in [3.63, 3.8) is 0 Å². The maximum Gasteiger partial charge on any atom is 0.148 e. The number of rotatable bonds is 0. The van der Waals surface area contributed by atoms with Crippen LogP contribution in [0.3, 0.4) is 0 Å². The highest BCUT2D eigenvalue weighted by atomic mass is 79.9. The van der Waals surface area contributed by atoms with E-state index >= 15 is 0 Å². The normalized spacial score (nSPS) is 10.9. The Morgan fingerprint density at radius 2 is 2.17 bits per heavy atom. The van der Waals surface area contributed by atoms with E-state index in [0.717, 1.165) is 26.0 Å². The fraction of sp³-hybridized carbons (Fsp3) is 0.111. The van der Waals surface area contributed by atoms with Crippen molar-refractivity contribution in [2.75, 3.05) is 0 Å². The summed E-state index contributed by atoms with van der Waals surface area (Å²) in [5, 5.41) is 1.79. The molecule has 0 bridgehead atoms. The molecule has 2 rings (SSSR count). The van der Waals surface area contributed by atoms with Crippen molar-refractivity contribution >= 4 is 38.5 Å². The summed E-state index contributed by atoms with van der Waals surface area (Å²) in [6.45, 7) is 1.99. The van der Waals surface area contributed by atoms with Crippen LogP contribution in [-0.4, -0.2) is 0 Å². The van der Waals surface area contributed by atoms with E-state index in [1.54, 1.807) is 6.26 Å². The molecule has 2 aromatic rings. The molecular weight excluding hydrogens is 239 g/mol. The van der Waals surface area contributed by atoms with Gasteiger partial charge in [-0.05, 0) is 40.5 Å². The lowest BCUT2D eigenvalue weighted by Gasteiger charge is -1.94. The molecule has 0 spiro atoms. The van der Waals surface area contributed by atoms with Gasteiger partial charge in [-0.25, -0.2) is 0 Å². The minimum Gasteiger partial charge on any atom is -0.463 e. The predicted octanol–water partition coefficient (Wildman–Crippen LogP) is 4.16. The van der Waals surface area contributed by atoms with E-state index in [-0.39, 0.29) is 0 Å². The molecule has 0 aliphatic carbocycles. The lowest BCUT2D eigenvalue weighted by Crippen LogP contribution is -1.71. The minimum absolute atomic E-state index is 0.721. The molecule has 62 valence electrons. The molecule has 0 N–H and O–H groups in total. The van der Waals surface area contributed by atoms with Crippen molar-refractivity contribution in [3.05, 3.63) is 33.5 Å². The van der Waals surface area contributed by atoms with Crippen LogP contribution in [0.5, 0.6) is 0 Å². The summed E-state index contributed by atoms with van der Waals surface area (Å²) >= 11 is 9.26. The molecule has 3 heteroatoms. The van der Waals surface area contributed by atoms with Crippen LogP contribution in [0.25, 0.3) is 11.0 Å². The van der Waals surface area contributed by atoms with Crippen LogP contribution in [0.2, 0.25) is 5.02 Å². The molecule has 0 aliphatic heterocycles. The summed E-state index contributed by atoms with van der Waals surface area (Å²) in [6, 6.07) is 3.73. The minimum atomic E-state index is 0.721. The molecule has 0 fully saturated rings. The average Bonchev–Trinajstić information content (AvgIpc) is 2.33. The summed E-state index contributed by atoms with van der Waals surface area (Å²) < 4.78 is 6.23. The molecule has 0 aliphatic rings. The summed E-state index contributed by atoms with van der Waals surface area (Å²) in [4.78, 5) is 0. The molecular formula is C9H6BrClO. The Kier molecular flexibility index (Phi) is 1.89. The monoisotopic (exact) mass is 244 g/mol. The summed E-state index contributed by atoms with van der Waals surface area (Å²) in [6.07, 6.45) is 1.73. The van der Waals surface area contributed by atoms with Gasteiger partial charge < -0.3 is 4.42 Å². The van der Waals surface area contributed by atoms with Gasteiger partial charge in [0, 0.05) is 10.4 Å². The topological polar surface area (TPSA) is 13.1 Å². The molecule has 12 heavy (non-hydrogen) atoms. The number of fused-ring (bicyclic) bond motifs is 1. The van der Waals surface area contributed by atoms with E-state index in [1.807, 2.05) is 19.1 Å². The molecule has 1 aromatic carbocycles.